The van der Waals surface area contributed by atoms with Gasteiger partial charge in [-0.1, -0.05) is 36.4 Å². The third-order valence-electron chi connectivity index (χ3n) is 4.08. The van der Waals surface area contributed by atoms with E-state index in [2.05, 4.69) is 20.8 Å². The van der Waals surface area contributed by atoms with E-state index in [0.717, 1.165) is 11.1 Å². The number of fused-ring (bicyclic) bond motifs is 1. The molecule has 8 heteroatoms. The lowest BCUT2D eigenvalue weighted by molar-refractivity contribution is -0.147. The van der Waals surface area contributed by atoms with Crippen molar-refractivity contribution in [3.63, 3.8) is 0 Å². The normalized spacial score (nSPS) is 10.5. The van der Waals surface area contributed by atoms with Gasteiger partial charge in [0.1, 0.15) is 0 Å². The zero-order chi connectivity index (χ0) is 19.9. The van der Waals surface area contributed by atoms with Gasteiger partial charge in [0.15, 0.2) is 12.3 Å². The van der Waals surface area contributed by atoms with Crippen LogP contribution in [0.1, 0.15) is 22.5 Å². The fourth-order valence-electron chi connectivity index (χ4n) is 2.62. The molecule has 8 nitrogen and oxygen atoms in total. The molecule has 0 saturated carbocycles. The number of carbonyl (C=O) groups is 3. The Kier molecular flexibility index (Phi) is 6.01. The van der Waals surface area contributed by atoms with Crippen LogP contribution in [0.4, 0.5) is 5.69 Å². The van der Waals surface area contributed by atoms with Crippen LogP contribution in [0.2, 0.25) is 0 Å². The average molecular weight is 380 g/mol. The van der Waals surface area contributed by atoms with Crippen LogP contribution in [-0.2, 0) is 14.3 Å². The molecule has 0 aliphatic rings. The van der Waals surface area contributed by atoms with E-state index in [1.54, 1.807) is 18.2 Å². The molecule has 1 heterocycles. The summed E-state index contributed by atoms with van der Waals surface area (Å²) in [5.74, 6) is -1.38. The van der Waals surface area contributed by atoms with E-state index >= 15 is 0 Å². The number of benzene rings is 2. The Labute approximate surface area is 161 Å². The molecule has 2 aromatic carbocycles. The molecule has 0 saturated heterocycles. The molecule has 0 spiro atoms. The van der Waals surface area contributed by atoms with Crippen LogP contribution in [0.15, 0.2) is 48.5 Å². The smallest absolute Gasteiger partial charge is 0.308 e. The van der Waals surface area contributed by atoms with Crippen LogP contribution < -0.4 is 10.6 Å². The first-order valence-corrected chi connectivity index (χ1v) is 8.77. The number of nitrogens with zero attached hydrogens (tertiary/aromatic N) is 1. The minimum atomic E-state index is -0.577. The van der Waals surface area contributed by atoms with Crippen LogP contribution in [-0.4, -0.2) is 41.1 Å². The minimum Gasteiger partial charge on any atom is -0.456 e. The van der Waals surface area contributed by atoms with Gasteiger partial charge < -0.3 is 15.4 Å². The van der Waals surface area contributed by atoms with Crippen LogP contribution in [0, 0.1) is 6.92 Å². The van der Waals surface area contributed by atoms with Gasteiger partial charge >= 0.3 is 5.97 Å². The Bertz CT molecular complexity index is 1010. The van der Waals surface area contributed by atoms with Crippen LogP contribution >= 0.6 is 0 Å². The third-order valence-corrected chi connectivity index (χ3v) is 4.08. The number of rotatable bonds is 7. The van der Waals surface area contributed by atoms with E-state index < -0.39 is 11.9 Å². The summed E-state index contributed by atoms with van der Waals surface area (Å²) >= 11 is 0. The predicted octanol–water partition coefficient (Wildman–Crippen LogP) is 2.17. The average Bonchev–Trinajstić information content (AvgIpc) is 3.12. The highest BCUT2D eigenvalue weighted by atomic mass is 16.5. The lowest BCUT2D eigenvalue weighted by atomic mass is 10.2. The predicted molar refractivity (Wildman–Crippen MR) is 104 cm³/mol. The van der Waals surface area contributed by atoms with Gasteiger partial charge in [0.25, 0.3) is 11.8 Å². The highest BCUT2D eigenvalue weighted by molar-refractivity contribution is 6.04. The number of carbonyl (C=O) groups excluding carboxylic acids is 3. The summed E-state index contributed by atoms with van der Waals surface area (Å²) in [7, 11) is 0. The lowest BCUT2D eigenvalue weighted by Crippen LogP contribution is -2.28. The fraction of sp³-hybridized carbons (Fsp3) is 0.200. The van der Waals surface area contributed by atoms with Gasteiger partial charge in [0.05, 0.1) is 11.9 Å². The topological polar surface area (TPSA) is 113 Å². The standard InChI is InChI=1S/C20H20N4O4/c1-13-6-2-4-8-15(13)22-17(25)12-28-18(26)10-11-21-20(27)19-14-7-3-5-9-16(14)23-24-19/h2-9H,10-12H2,1H3,(H,21,27)(H,22,25)(H,23,24). The highest BCUT2D eigenvalue weighted by Gasteiger charge is 2.14. The highest BCUT2D eigenvalue weighted by Crippen LogP contribution is 2.15. The number of para-hydroxylation sites is 2. The van der Waals surface area contributed by atoms with E-state index in [4.69, 9.17) is 4.74 Å². The summed E-state index contributed by atoms with van der Waals surface area (Å²) in [5.41, 5.74) is 2.60. The van der Waals surface area contributed by atoms with E-state index in [-0.39, 0.29) is 31.2 Å². The first kappa shape index (κ1) is 19.1. The van der Waals surface area contributed by atoms with Gasteiger partial charge in [-0.2, -0.15) is 5.10 Å². The lowest BCUT2D eigenvalue weighted by Gasteiger charge is -2.09. The summed E-state index contributed by atoms with van der Waals surface area (Å²) < 4.78 is 4.93. The van der Waals surface area contributed by atoms with Crippen molar-refractivity contribution in [2.45, 2.75) is 13.3 Å². The SMILES string of the molecule is Cc1ccccc1NC(=O)COC(=O)CCNC(=O)c1n[nH]c2ccccc12. The van der Waals surface area contributed by atoms with Crippen LogP contribution in [0.25, 0.3) is 10.9 Å². The maximum Gasteiger partial charge on any atom is 0.308 e. The quantitative estimate of drug-likeness (QED) is 0.544. The number of anilines is 1. The number of aromatic amines is 1. The molecular formula is C20H20N4O4. The molecule has 144 valence electrons. The summed E-state index contributed by atoms with van der Waals surface area (Å²) in [5, 5.41) is 12.8. The van der Waals surface area contributed by atoms with Crippen molar-refractivity contribution in [1.82, 2.24) is 15.5 Å². The Morgan fingerprint density at radius 3 is 2.64 bits per heavy atom. The van der Waals surface area contributed by atoms with Gasteiger partial charge in [-0.3, -0.25) is 19.5 Å². The van der Waals surface area contributed by atoms with Gasteiger partial charge in [-0.05, 0) is 24.6 Å². The zero-order valence-electron chi connectivity index (χ0n) is 15.3. The molecule has 3 N–H and O–H groups in total. The maximum absolute atomic E-state index is 12.2. The molecule has 0 bridgehead atoms. The third kappa shape index (κ3) is 4.73. The molecule has 2 amide bonds. The number of hydrogen-bond donors (Lipinski definition) is 3. The fourth-order valence-corrected chi connectivity index (χ4v) is 2.62. The Balaban J connectivity index is 1.40. The number of aryl methyl sites for hydroxylation is 1. The van der Waals surface area contributed by atoms with Gasteiger partial charge in [0, 0.05) is 17.6 Å². The second kappa shape index (κ2) is 8.81. The van der Waals surface area contributed by atoms with Crippen molar-refractivity contribution in [3.8, 4) is 0 Å². The molecule has 0 fully saturated rings. The first-order chi connectivity index (χ1) is 13.5. The van der Waals surface area contributed by atoms with E-state index in [0.29, 0.717) is 11.1 Å². The summed E-state index contributed by atoms with van der Waals surface area (Å²) in [6.45, 7) is 1.57. The number of nitrogens with one attached hydrogen (secondary N) is 3. The molecular weight excluding hydrogens is 360 g/mol. The molecule has 0 atom stereocenters. The Hall–Kier alpha value is -3.68. The number of amides is 2. The van der Waals surface area contributed by atoms with Gasteiger partial charge in [-0.15, -0.1) is 0 Å². The molecule has 28 heavy (non-hydrogen) atoms. The molecule has 1 aromatic heterocycles. The van der Waals surface area contributed by atoms with E-state index in [9.17, 15) is 14.4 Å². The van der Waals surface area contributed by atoms with Crippen molar-refractivity contribution in [3.05, 3.63) is 59.8 Å². The Morgan fingerprint density at radius 2 is 1.82 bits per heavy atom. The monoisotopic (exact) mass is 380 g/mol. The molecule has 0 aliphatic heterocycles. The Morgan fingerprint density at radius 1 is 1.07 bits per heavy atom. The summed E-state index contributed by atoms with van der Waals surface area (Å²) in [6.07, 6.45) is -0.0499. The second-order valence-corrected chi connectivity index (χ2v) is 6.15. The molecule has 3 rings (SSSR count). The number of hydrogen-bond acceptors (Lipinski definition) is 5. The van der Waals surface area contributed by atoms with Crippen molar-refractivity contribution in [1.29, 1.82) is 0 Å². The number of H-pyrrole nitrogens is 1. The minimum absolute atomic E-state index is 0.0499. The molecule has 0 unspecified atom stereocenters. The van der Waals surface area contributed by atoms with Crippen LogP contribution in [0.3, 0.4) is 0 Å². The van der Waals surface area contributed by atoms with Crippen molar-refractivity contribution in [2.24, 2.45) is 0 Å². The van der Waals surface area contributed by atoms with Gasteiger partial charge in [0.2, 0.25) is 0 Å². The van der Waals surface area contributed by atoms with Crippen molar-refractivity contribution in [2.75, 3.05) is 18.5 Å². The van der Waals surface area contributed by atoms with E-state index in [1.165, 1.54) is 0 Å². The zero-order valence-corrected chi connectivity index (χ0v) is 15.3. The molecule has 0 aliphatic carbocycles. The number of ether oxygens (including phenoxy) is 1. The molecule has 3 aromatic rings. The van der Waals surface area contributed by atoms with Crippen molar-refractivity contribution >= 4 is 34.4 Å². The summed E-state index contributed by atoms with van der Waals surface area (Å²) in [6, 6.07) is 14.6. The number of aromatic nitrogens is 2. The van der Waals surface area contributed by atoms with Gasteiger partial charge in [-0.25, -0.2) is 0 Å². The molecule has 0 radical (unpaired) electrons. The van der Waals surface area contributed by atoms with Crippen LogP contribution in [0.5, 0.6) is 0 Å². The second-order valence-electron chi connectivity index (χ2n) is 6.15. The van der Waals surface area contributed by atoms with E-state index in [1.807, 2.05) is 37.3 Å². The maximum atomic E-state index is 12.2. The number of esters is 1. The summed E-state index contributed by atoms with van der Waals surface area (Å²) in [4.78, 5) is 35.8. The first-order valence-electron chi connectivity index (χ1n) is 8.77. The van der Waals surface area contributed by atoms with Crippen molar-refractivity contribution < 1.29 is 19.1 Å². The largest absolute Gasteiger partial charge is 0.456 e.